The molecule has 8 heteroatoms. The fourth-order valence-electron chi connectivity index (χ4n) is 1.64. The molecule has 0 radical (unpaired) electrons. The predicted octanol–water partition coefficient (Wildman–Crippen LogP) is 4.21. The van der Waals surface area contributed by atoms with Crippen LogP contribution in [0.2, 0.25) is 5.02 Å². The van der Waals surface area contributed by atoms with Gasteiger partial charge in [0.2, 0.25) is 0 Å². The van der Waals surface area contributed by atoms with E-state index >= 15 is 0 Å². The van der Waals surface area contributed by atoms with Gasteiger partial charge in [-0.15, -0.1) is 0 Å². The highest BCUT2D eigenvalue weighted by molar-refractivity contribution is 6.31. The topological polar surface area (TPSA) is 58.2 Å². The summed E-state index contributed by atoms with van der Waals surface area (Å²) in [5, 5.41) is 3.25. The fourth-order valence-corrected chi connectivity index (χ4v) is 1.78. The molecule has 114 valence electrons. The Labute approximate surface area is 127 Å². The molecule has 0 spiro atoms. The van der Waals surface area contributed by atoms with Crippen molar-refractivity contribution in [2.75, 3.05) is 10.6 Å². The summed E-state index contributed by atoms with van der Waals surface area (Å²) in [5.41, 5.74) is -0.145. The largest absolute Gasteiger partial charge is 0.323 e. The molecule has 2 amide bonds. The SMILES string of the molecule is O=Cc1cccc(NC(=O)Nc2cc(F)c(Cl)c(F)c2F)c1. The molecule has 2 N–H and O–H groups in total. The van der Waals surface area contributed by atoms with Crippen molar-refractivity contribution < 1.29 is 22.8 Å². The van der Waals surface area contributed by atoms with Crippen molar-refractivity contribution in [3.8, 4) is 0 Å². The summed E-state index contributed by atoms with van der Waals surface area (Å²) in [6, 6.07) is 5.49. The standard InChI is InChI=1S/C14H8ClF3N2O2/c15-11-9(16)5-10(12(17)13(11)18)20-14(22)19-8-3-1-2-7(4-8)6-21/h1-6H,(H2,19,20,22). The lowest BCUT2D eigenvalue weighted by Gasteiger charge is -2.10. The molecule has 0 heterocycles. The monoisotopic (exact) mass is 328 g/mol. The van der Waals surface area contributed by atoms with Crippen LogP contribution in [0.15, 0.2) is 30.3 Å². The highest BCUT2D eigenvalue weighted by Crippen LogP contribution is 2.27. The van der Waals surface area contributed by atoms with Crippen LogP contribution in [0.25, 0.3) is 0 Å². The molecule has 0 aromatic heterocycles. The highest BCUT2D eigenvalue weighted by atomic mass is 35.5. The molecular weight excluding hydrogens is 321 g/mol. The van der Waals surface area contributed by atoms with Crippen molar-refractivity contribution in [2.45, 2.75) is 0 Å². The summed E-state index contributed by atoms with van der Waals surface area (Å²) in [4.78, 5) is 22.3. The summed E-state index contributed by atoms with van der Waals surface area (Å²) < 4.78 is 40.1. The van der Waals surface area contributed by atoms with Gasteiger partial charge in [-0.05, 0) is 12.1 Å². The van der Waals surface area contributed by atoms with E-state index in [0.717, 1.165) is 0 Å². The van der Waals surface area contributed by atoms with Gasteiger partial charge in [0.1, 0.15) is 17.1 Å². The average Bonchev–Trinajstić information content (AvgIpc) is 2.50. The number of rotatable bonds is 3. The molecule has 22 heavy (non-hydrogen) atoms. The number of urea groups is 1. The molecule has 0 atom stereocenters. The zero-order chi connectivity index (χ0) is 16.3. The van der Waals surface area contributed by atoms with Crippen LogP contribution in [-0.4, -0.2) is 12.3 Å². The highest BCUT2D eigenvalue weighted by Gasteiger charge is 2.18. The maximum absolute atomic E-state index is 13.5. The van der Waals surface area contributed by atoms with Crippen LogP contribution < -0.4 is 10.6 Å². The molecule has 0 aliphatic heterocycles. The molecule has 0 saturated carbocycles. The Bertz CT molecular complexity index is 753. The zero-order valence-corrected chi connectivity index (χ0v) is 11.5. The minimum atomic E-state index is -1.60. The lowest BCUT2D eigenvalue weighted by atomic mass is 10.2. The molecule has 0 bridgehead atoms. The van der Waals surface area contributed by atoms with Gasteiger partial charge in [-0.1, -0.05) is 23.7 Å². The summed E-state index contributed by atoms with van der Waals surface area (Å²) in [6.07, 6.45) is 0.576. The van der Waals surface area contributed by atoms with Gasteiger partial charge in [0, 0.05) is 17.3 Å². The first-order valence-electron chi connectivity index (χ1n) is 5.88. The summed E-state index contributed by atoms with van der Waals surface area (Å²) in [7, 11) is 0. The van der Waals surface area contributed by atoms with Crippen LogP contribution in [0.1, 0.15) is 10.4 Å². The smallest absolute Gasteiger partial charge is 0.308 e. The van der Waals surface area contributed by atoms with Gasteiger partial charge in [-0.3, -0.25) is 4.79 Å². The minimum Gasteiger partial charge on any atom is -0.308 e. The van der Waals surface area contributed by atoms with E-state index in [1.165, 1.54) is 24.3 Å². The second kappa shape index (κ2) is 6.48. The van der Waals surface area contributed by atoms with E-state index in [1.807, 2.05) is 5.32 Å². The van der Waals surface area contributed by atoms with Crippen molar-refractivity contribution in [2.24, 2.45) is 0 Å². The third kappa shape index (κ3) is 3.37. The Morgan fingerprint density at radius 2 is 1.82 bits per heavy atom. The van der Waals surface area contributed by atoms with E-state index in [4.69, 9.17) is 11.6 Å². The van der Waals surface area contributed by atoms with Gasteiger partial charge in [0.15, 0.2) is 11.6 Å². The van der Waals surface area contributed by atoms with Crippen LogP contribution >= 0.6 is 11.6 Å². The molecule has 4 nitrogen and oxygen atoms in total. The van der Waals surface area contributed by atoms with Crippen LogP contribution in [0.3, 0.4) is 0 Å². The van der Waals surface area contributed by atoms with Gasteiger partial charge >= 0.3 is 6.03 Å². The number of halogens is 4. The maximum atomic E-state index is 13.5. The number of hydrogen-bond acceptors (Lipinski definition) is 2. The van der Waals surface area contributed by atoms with Crippen molar-refractivity contribution in [1.29, 1.82) is 0 Å². The number of nitrogens with one attached hydrogen (secondary N) is 2. The number of aldehydes is 1. The van der Waals surface area contributed by atoms with Crippen molar-refractivity contribution in [3.63, 3.8) is 0 Å². The molecular formula is C14H8ClF3N2O2. The first-order valence-corrected chi connectivity index (χ1v) is 6.26. The first-order chi connectivity index (χ1) is 10.4. The van der Waals surface area contributed by atoms with E-state index in [0.29, 0.717) is 17.9 Å². The van der Waals surface area contributed by atoms with Crippen molar-refractivity contribution in [3.05, 3.63) is 58.4 Å². The number of anilines is 2. The molecule has 0 fully saturated rings. The van der Waals surface area contributed by atoms with E-state index in [-0.39, 0.29) is 5.69 Å². The van der Waals surface area contributed by atoms with Gasteiger partial charge in [0.25, 0.3) is 0 Å². The number of carbonyl (C=O) groups excluding carboxylic acids is 2. The van der Waals surface area contributed by atoms with E-state index in [9.17, 15) is 22.8 Å². The first kappa shape index (κ1) is 15.8. The Morgan fingerprint density at radius 1 is 1.09 bits per heavy atom. The van der Waals surface area contributed by atoms with E-state index in [2.05, 4.69) is 5.32 Å². The molecule has 0 aliphatic rings. The Morgan fingerprint density at radius 3 is 2.50 bits per heavy atom. The van der Waals surface area contributed by atoms with Gasteiger partial charge in [-0.2, -0.15) is 0 Å². The lowest BCUT2D eigenvalue weighted by molar-refractivity contribution is 0.112. The molecule has 2 aromatic rings. The lowest BCUT2D eigenvalue weighted by Crippen LogP contribution is -2.20. The second-order valence-corrected chi connectivity index (χ2v) is 4.55. The average molecular weight is 329 g/mol. The van der Waals surface area contributed by atoms with Gasteiger partial charge in [0.05, 0.1) is 5.69 Å². The zero-order valence-electron chi connectivity index (χ0n) is 10.8. The van der Waals surface area contributed by atoms with E-state index in [1.54, 1.807) is 0 Å². The van der Waals surface area contributed by atoms with Gasteiger partial charge in [-0.25, -0.2) is 18.0 Å². The number of hydrogen-bond donors (Lipinski definition) is 2. The van der Waals surface area contributed by atoms with E-state index < -0.39 is 34.2 Å². The minimum absolute atomic E-state index is 0.248. The molecule has 2 rings (SSSR count). The summed E-state index contributed by atoms with van der Waals surface area (Å²) >= 11 is 5.20. The molecule has 0 aliphatic carbocycles. The maximum Gasteiger partial charge on any atom is 0.323 e. The normalized spacial score (nSPS) is 10.2. The quantitative estimate of drug-likeness (QED) is 0.503. The molecule has 0 unspecified atom stereocenters. The predicted molar refractivity (Wildman–Crippen MR) is 75.8 cm³/mol. The summed E-state index contributed by atoms with van der Waals surface area (Å²) in [6.45, 7) is 0. The second-order valence-electron chi connectivity index (χ2n) is 4.17. The van der Waals surface area contributed by atoms with Crippen molar-refractivity contribution in [1.82, 2.24) is 0 Å². The van der Waals surface area contributed by atoms with Crippen LogP contribution in [0.4, 0.5) is 29.3 Å². The van der Waals surface area contributed by atoms with Crippen molar-refractivity contribution >= 4 is 35.3 Å². The third-order valence-electron chi connectivity index (χ3n) is 2.63. The summed E-state index contributed by atoms with van der Waals surface area (Å²) in [5.74, 6) is -4.29. The third-order valence-corrected chi connectivity index (χ3v) is 2.98. The molecule has 0 saturated heterocycles. The van der Waals surface area contributed by atoms with Crippen LogP contribution in [-0.2, 0) is 0 Å². The Balaban J connectivity index is 2.17. The number of benzene rings is 2. The Kier molecular flexibility index (Phi) is 4.67. The van der Waals surface area contributed by atoms with Crippen LogP contribution in [0.5, 0.6) is 0 Å². The van der Waals surface area contributed by atoms with Crippen LogP contribution in [0, 0.1) is 17.5 Å². The van der Waals surface area contributed by atoms with Gasteiger partial charge < -0.3 is 10.6 Å². The Hall–Kier alpha value is -2.54. The number of amides is 2. The fraction of sp³-hybridized carbons (Fsp3) is 0. The molecule has 2 aromatic carbocycles. The number of carbonyl (C=O) groups is 2.